The second-order valence-electron chi connectivity index (χ2n) is 5.28. The van der Waals surface area contributed by atoms with Crippen LogP contribution in [0.25, 0.3) is 0 Å². The van der Waals surface area contributed by atoms with Crippen molar-refractivity contribution in [2.45, 2.75) is 85.7 Å². The van der Waals surface area contributed by atoms with Crippen molar-refractivity contribution in [2.24, 2.45) is 11.3 Å². The van der Waals surface area contributed by atoms with E-state index >= 15 is 0 Å². The van der Waals surface area contributed by atoms with E-state index in [1.807, 2.05) is 6.92 Å². The minimum Gasteiger partial charge on any atom is -0.247 e. The molecule has 0 spiro atoms. The summed E-state index contributed by atoms with van der Waals surface area (Å²) in [6.45, 7) is 10.8. The molecule has 0 saturated carbocycles. The molecule has 0 aromatic heterocycles. The molecule has 3 atom stereocenters. The average Bonchev–Trinajstić information content (AvgIpc) is 2.32. The molecule has 1 heteroatoms. The van der Waals surface area contributed by atoms with Crippen molar-refractivity contribution < 1.29 is 4.39 Å². The van der Waals surface area contributed by atoms with E-state index in [1.54, 1.807) is 0 Å². The maximum Gasteiger partial charge on any atom is 0.103 e. The monoisotopic (exact) mass is 230 g/mol. The Morgan fingerprint density at radius 3 is 2.00 bits per heavy atom. The molecular formula is C15H31F. The number of hydrogen-bond donors (Lipinski definition) is 0. The van der Waals surface area contributed by atoms with Gasteiger partial charge in [0.1, 0.15) is 6.17 Å². The van der Waals surface area contributed by atoms with Gasteiger partial charge in [-0.15, -0.1) is 0 Å². The summed E-state index contributed by atoms with van der Waals surface area (Å²) >= 11 is 0. The van der Waals surface area contributed by atoms with E-state index in [-0.39, 0.29) is 11.3 Å². The van der Waals surface area contributed by atoms with E-state index < -0.39 is 6.17 Å². The van der Waals surface area contributed by atoms with Gasteiger partial charge in [-0.3, -0.25) is 0 Å². The number of halogens is 1. The van der Waals surface area contributed by atoms with Crippen LogP contribution >= 0.6 is 0 Å². The van der Waals surface area contributed by atoms with Gasteiger partial charge in [0.15, 0.2) is 0 Å². The third-order valence-electron chi connectivity index (χ3n) is 4.38. The largest absolute Gasteiger partial charge is 0.247 e. The molecule has 0 aromatic carbocycles. The summed E-state index contributed by atoms with van der Waals surface area (Å²) in [5, 5.41) is 0. The minimum atomic E-state index is -0.622. The third-order valence-corrected chi connectivity index (χ3v) is 4.38. The van der Waals surface area contributed by atoms with Gasteiger partial charge in [-0.2, -0.15) is 0 Å². The Labute approximate surface area is 102 Å². The molecule has 16 heavy (non-hydrogen) atoms. The lowest BCUT2D eigenvalue weighted by Gasteiger charge is -2.40. The molecule has 0 nitrogen and oxygen atoms in total. The van der Waals surface area contributed by atoms with Crippen molar-refractivity contribution in [1.29, 1.82) is 0 Å². The fraction of sp³-hybridized carbons (Fsp3) is 1.00. The highest BCUT2D eigenvalue weighted by Gasteiger charge is 2.36. The lowest BCUT2D eigenvalue weighted by molar-refractivity contribution is 0.0561. The fourth-order valence-corrected chi connectivity index (χ4v) is 3.02. The zero-order valence-electron chi connectivity index (χ0n) is 12.0. The van der Waals surface area contributed by atoms with Crippen LogP contribution < -0.4 is 0 Å². The van der Waals surface area contributed by atoms with Gasteiger partial charge in [-0.1, -0.05) is 60.3 Å². The van der Waals surface area contributed by atoms with Gasteiger partial charge >= 0.3 is 0 Å². The van der Waals surface area contributed by atoms with Gasteiger partial charge < -0.3 is 0 Å². The van der Waals surface area contributed by atoms with Crippen LogP contribution in [0.2, 0.25) is 0 Å². The quantitative estimate of drug-likeness (QED) is 0.472. The molecule has 0 aromatic rings. The standard InChI is InChI=1S/C15H31F/c1-6-10-12-15(9-4,11-7-2)13(5)14(16)8-3/h13-14H,6-12H2,1-5H3. The van der Waals surface area contributed by atoms with Gasteiger partial charge in [0.2, 0.25) is 0 Å². The zero-order chi connectivity index (χ0) is 12.6. The lowest BCUT2D eigenvalue weighted by Crippen LogP contribution is -2.34. The van der Waals surface area contributed by atoms with E-state index in [2.05, 4.69) is 27.7 Å². The summed E-state index contributed by atoms with van der Waals surface area (Å²) in [4.78, 5) is 0. The molecule has 98 valence electrons. The van der Waals surface area contributed by atoms with E-state index in [0.717, 1.165) is 6.42 Å². The van der Waals surface area contributed by atoms with Gasteiger partial charge in [0.05, 0.1) is 0 Å². The summed E-state index contributed by atoms with van der Waals surface area (Å²) in [6, 6.07) is 0. The normalized spacial score (nSPS) is 19.1. The summed E-state index contributed by atoms with van der Waals surface area (Å²) in [7, 11) is 0. The van der Waals surface area contributed by atoms with Crippen LogP contribution in [0.1, 0.15) is 79.6 Å². The highest BCUT2D eigenvalue weighted by molar-refractivity contribution is 4.86. The van der Waals surface area contributed by atoms with E-state index in [9.17, 15) is 4.39 Å². The SMILES string of the molecule is CCCCC(CC)(CCC)C(C)C(F)CC. The van der Waals surface area contributed by atoms with Crippen molar-refractivity contribution in [3.05, 3.63) is 0 Å². The van der Waals surface area contributed by atoms with Crippen LogP contribution in [0.3, 0.4) is 0 Å². The molecule has 0 amide bonds. The summed E-state index contributed by atoms with van der Waals surface area (Å²) in [5.41, 5.74) is 0.250. The van der Waals surface area contributed by atoms with Crippen LogP contribution in [0.4, 0.5) is 4.39 Å². The molecule has 3 unspecified atom stereocenters. The molecule has 0 aliphatic heterocycles. The van der Waals surface area contributed by atoms with Crippen molar-refractivity contribution in [3.8, 4) is 0 Å². The number of hydrogen-bond acceptors (Lipinski definition) is 0. The number of unbranched alkanes of at least 4 members (excludes halogenated alkanes) is 1. The second kappa shape index (κ2) is 8.08. The number of rotatable bonds is 9. The predicted molar refractivity (Wildman–Crippen MR) is 71.5 cm³/mol. The zero-order valence-corrected chi connectivity index (χ0v) is 12.0. The third kappa shape index (κ3) is 4.07. The van der Waals surface area contributed by atoms with Crippen LogP contribution in [0.5, 0.6) is 0 Å². The van der Waals surface area contributed by atoms with Gasteiger partial charge in [-0.05, 0) is 30.6 Å². The first-order valence-corrected chi connectivity index (χ1v) is 7.21. The maximum atomic E-state index is 14.0. The molecular weight excluding hydrogens is 199 g/mol. The Morgan fingerprint density at radius 1 is 1.00 bits per heavy atom. The molecule has 0 heterocycles. The second-order valence-corrected chi connectivity index (χ2v) is 5.28. The molecule has 0 fully saturated rings. The maximum absolute atomic E-state index is 14.0. The van der Waals surface area contributed by atoms with E-state index in [4.69, 9.17) is 0 Å². The predicted octanol–water partition coefficient (Wildman–Crippen LogP) is 5.76. The molecule has 0 rings (SSSR count). The van der Waals surface area contributed by atoms with Crippen LogP contribution in [-0.2, 0) is 0 Å². The molecule has 0 radical (unpaired) electrons. The Kier molecular flexibility index (Phi) is 8.05. The van der Waals surface area contributed by atoms with Crippen molar-refractivity contribution in [2.75, 3.05) is 0 Å². The Balaban J connectivity index is 4.71. The van der Waals surface area contributed by atoms with Crippen molar-refractivity contribution in [1.82, 2.24) is 0 Å². The van der Waals surface area contributed by atoms with Crippen molar-refractivity contribution >= 4 is 0 Å². The highest BCUT2D eigenvalue weighted by Crippen LogP contribution is 2.44. The van der Waals surface area contributed by atoms with Crippen LogP contribution in [0, 0.1) is 11.3 Å². The van der Waals surface area contributed by atoms with E-state index in [0.29, 0.717) is 6.42 Å². The number of alkyl halides is 1. The molecule has 0 bridgehead atoms. The molecule has 0 saturated heterocycles. The molecule has 0 N–H and O–H groups in total. The van der Waals surface area contributed by atoms with Crippen LogP contribution in [0.15, 0.2) is 0 Å². The summed E-state index contributed by atoms with van der Waals surface area (Å²) in [5.74, 6) is 0.217. The fourth-order valence-electron chi connectivity index (χ4n) is 3.02. The first-order valence-electron chi connectivity index (χ1n) is 7.21. The average molecular weight is 230 g/mol. The first-order chi connectivity index (χ1) is 7.57. The van der Waals surface area contributed by atoms with Gasteiger partial charge in [0.25, 0.3) is 0 Å². The Hall–Kier alpha value is -0.0700. The lowest BCUT2D eigenvalue weighted by atomic mass is 9.66. The smallest absolute Gasteiger partial charge is 0.103 e. The Bertz CT molecular complexity index is 167. The van der Waals surface area contributed by atoms with Crippen LogP contribution in [-0.4, -0.2) is 6.17 Å². The van der Waals surface area contributed by atoms with Gasteiger partial charge in [0, 0.05) is 0 Å². The van der Waals surface area contributed by atoms with Crippen molar-refractivity contribution in [3.63, 3.8) is 0 Å². The van der Waals surface area contributed by atoms with E-state index in [1.165, 1.54) is 32.1 Å². The first kappa shape index (κ1) is 15.9. The highest BCUT2D eigenvalue weighted by atomic mass is 19.1. The molecule has 0 aliphatic carbocycles. The topological polar surface area (TPSA) is 0 Å². The minimum absolute atomic E-state index is 0.217. The summed E-state index contributed by atoms with van der Waals surface area (Å²) in [6.07, 6.45) is 7.21. The molecule has 0 aliphatic rings. The Morgan fingerprint density at radius 2 is 1.62 bits per heavy atom. The summed E-state index contributed by atoms with van der Waals surface area (Å²) < 4.78 is 14.0. The van der Waals surface area contributed by atoms with Gasteiger partial charge in [-0.25, -0.2) is 4.39 Å².